The van der Waals surface area contributed by atoms with Gasteiger partial charge in [0.2, 0.25) is 11.7 Å². The van der Waals surface area contributed by atoms with Crippen LogP contribution in [0.2, 0.25) is 0 Å². The van der Waals surface area contributed by atoms with Gasteiger partial charge in [-0.05, 0) is 17.9 Å². The Bertz CT molecular complexity index is 425. The summed E-state index contributed by atoms with van der Waals surface area (Å²) in [6, 6.07) is 1.95. The predicted octanol–water partition coefficient (Wildman–Crippen LogP) is 2.50. The standard InChI is InChI=1S/C11H14N2O2S/c1-2-3-9(14)6-10-12-11(13-15-10)8-4-5-16-7-8/h4-5,7,9,14H,2-3,6H2,1H3. The monoisotopic (exact) mass is 238 g/mol. The molecule has 0 amide bonds. The maximum Gasteiger partial charge on any atom is 0.229 e. The first-order valence-electron chi connectivity index (χ1n) is 5.32. The fourth-order valence-corrected chi connectivity index (χ4v) is 2.12. The summed E-state index contributed by atoms with van der Waals surface area (Å²) in [5, 5.41) is 17.4. The van der Waals surface area contributed by atoms with Crippen molar-refractivity contribution in [2.24, 2.45) is 0 Å². The number of nitrogens with zero attached hydrogens (tertiary/aromatic N) is 2. The maximum absolute atomic E-state index is 9.62. The lowest BCUT2D eigenvalue weighted by Crippen LogP contribution is -2.09. The normalized spacial score (nSPS) is 12.9. The van der Waals surface area contributed by atoms with Gasteiger partial charge in [0.15, 0.2) is 0 Å². The van der Waals surface area contributed by atoms with Crippen LogP contribution in [-0.2, 0) is 6.42 Å². The minimum atomic E-state index is -0.388. The van der Waals surface area contributed by atoms with Crippen LogP contribution >= 0.6 is 11.3 Å². The van der Waals surface area contributed by atoms with E-state index in [2.05, 4.69) is 10.1 Å². The lowest BCUT2D eigenvalue weighted by molar-refractivity contribution is 0.152. The van der Waals surface area contributed by atoms with Crippen molar-refractivity contribution in [1.82, 2.24) is 10.1 Å². The molecule has 2 heterocycles. The first-order chi connectivity index (χ1) is 7.79. The van der Waals surface area contributed by atoms with Gasteiger partial charge in [0, 0.05) is 10.9 Å². The molecule has 5 heteroatoms. The molecular formula is C11H14N2O2S. The number of aliphatic hydroxyl groups is 1. The van der Waals surface area contributed by atoms with Gasteiger partial charge in [0.1, 0.15) is 0 Å². The van der Waals surface area contributed by atoms with Gasteiger partial charge in [-0.25, -0.2) is 0 Å². The summed E-state index contributed by atoms with van der Waals surface area (Å²) in [5.74, 6) is 1.10. The molecule has 0 aliphatic heterocycles. The molecule has 0 bridgehead atoms. The van der Waals surface area contributed by atoms with Crippen LogP contribution in [0.25, 0.3) is 11.4 Å². The Hall–Kier alpha value is -1.20. The van der Waals surface area contributed by atoms with E-state index in [0.717, 1.165) is 18.4 Å². The molecule has 0 radical (unpaired) electrons. The maximum atomic E-state index is 9.62. The van der Waals surface area contributed by atoms with E-state index in [4.69, 9.17) is 4.52 Å². The predicted molar refractivity (Wildman–Crippen MR) is 62.2 cm³/mol. The lowest BCUT2D eigenvalue weighted by Gasteiger charge is -2.03. The molecule has 1 N–H and O–H groups in total. The van der Waals surface area contributed by atoms with Crippen LogP contribution in [-0.4, -0.2) is 21.4 Å². The molecule has 2 rings (SSSR count). The van der Waals surface area contributed by atoms with Crippen molar-refractivity contribution in [1.29, 1.82) is 0 Å². The molecule has 0 aromatic carbocycles. The molecule has 0 aliphatic carbocycles. The summed E-state index contributed by atoms with van der Waals surface area (Å²) in [6.45, 7) is 2.04. The molecule has 0 aliphatic rings. The Morgan fingerprint density at radius 2 is 2.44 bits per heavy atom. The van der Waals surface area contributed by atoms with Gasteiger partial charge in [0.05, 0.1) is 12.5 Å². The Morgan fingerprint density at radius 1 is 1.56 bits per heavy atom. The van der Waals surface area contributed by atoms with E-state index in [1.165, 1.54) is 0 Å². The van der Waals surface area contributed by atoms with Gasteiger partial charge in [-0.1, -0.05) is 18.5 Å². The molecule has 0 spiro atoms. The second-order valence-corrected chi connectivity index (χ2v) is 4.45. The molecule has 0 fully saturated rings. The Morgan fingerprint density at radius 3 is 3.12 bits per heavy atom. The summed E-state index contributed by atoms with van der Waals surface area (Å²) < 4.78 is 5.09. The van der Waals surface area contributed by atoms with E-state index >= 15 is 0 Å². The highest BCUT2D eigenvalue weighted by Crippen LogP contribution is 2.19. The average molecular weight is 238 g/mol. The highest BCUT2D eigenvalue weighted by atomic mass is 32.1. The molecule has 16 heavy (non-hydrogen) atoms. The third-order valence-electron chi connectivity index (χ3n) is 2.28. The molecule has 1 atom stereocenters. The second-order valence-electron chi connectivity index (χ2n) is 3.67. The van der Waals surface area contributed by atoms with Gasteiger partial charge < -0.3 is 9.63 Å². The van der Waals surface area contributed by atoms with Crippen molar-refractivity contribution in [3.05, 3.63) is 22.7 Å². The molecule has 2 aromatic rings. The molecular weight excluding hydrogens is 224 g/mol. The van der Waals surface area contributed by atoms with Crippen molar-refractivity contribution >= 4 is 11.3 Å². The summed E-state index contributed by atoms with van der Waals surface area (Å²) in [4.78, 5) is 4.24. The fourth-order valence-electron chi connectivity index (χ4n) is 1.48. The van der Waals surface area contributed by atoms with E-state index in [-0.39, 0.29) is 6.10 Å². The number of hydrogen-bond donors (Lipinski definition) is 1. The zero-order valence-corrected chi connectivity index (χ0v) is 9.91. The molecule has 4 nitrogen and oxygen atoms in total. The minimum Gasteiger partial charge on any atom is -0.393 e. The van der Waals surface area contributed by atoms with E-state index in [0.29, 0.717) is 18.1 Å². The lowest BCUT2D eigenvalue weighted by atomic mass is 10.1. The fraction of sp³-hybridized carbons (Fsp3) is 0.455. The number of aliphatic hydroxyl groups excluding tert-OH is 1. The van der Waals surface area contributed by atoms with Crippen molar-refractivity contribution in [3.63, 3.8) is 0 Å². The first kappa shape index (κ1) is 11.3. The number of aromatic nitrogens is 2. The van der Waals surface area contributed by atoms with Crippen molar-refractivity contribution in [2.45, 2.75) is 32.3 Å². The Balaban J connectivity index is 2.03. The highest BCUT2D eigenvalue weighted by Gasteiger charge is 2.12. The van der Waals surface area contributed by atoms with Gasteiger partial charge in [-0.2, -0.15) is 16.3 Å². The Kier molecular flexibility index (Phi) is 3.69. The molecule has 0 saturated carbocycles. The topological polar surface area (TPSA) is 59.2 Å². The molecule has 0 saturated heterocycles. The quantitative estimate of drug-likeness (QED) is 0.869. The number of rotatable bonds is 5. The third-order valence-corrected chi connectivity index (χ3v) is 2.96. The smallest absolute Gasteiger partial charge is 0.229 e. The van der Waals surface area contributed by atoms with E-state index in [1.807, 2.05) is 23.8 Å². The van der Waals surface area contributed by atoms with E-state index < -0.39 is 0 Å². The van der Waals surface area contributed by atoms with Gasteiger partial charge in [-0.15, -0.1) is 0 Å². The minimum absolute atomic E-state index is 0.388. The molecule has 86 valence electrons. The second kappa shape index (κ2) is 5.23. The Labute approximate surface area is 97.9 Å². The molecule has 1 unspecified atom stereocenters. The van der Waals surface area contributed by atoms with Gasteiger partial charge in [0.25, 0.3) is 0 Å². The van der Waals surface area contributed by atoms with Crippen molar-refractivity contribution < 1.29 is 9.63 Å². The number of thiophene rings is 1. The van der Waals surface area contributed by atoms with Crippen LogP contribution in [0.15, 0.2) is 21.3 Å². The SMILES string of the molecule is CCCC(O)Cc1nc(-c2ccsc2)no1. The van der Waals surface area contributed by atoms with Crippen molar-refractivity contribution in [2.75, 3.05) is 0 Å². The molecule has 2 aromatic heterocycles. The first-order valence-corrected chi connectivity index (χ1v) is 6.27. The van der Waals surface area contributed by atoms with Crippen LogP contribution in [0, 0.1) is 0 Å². The third kappa shape index (κ3) is 2.68. The van der Waals surface area contributed by atoms with Crippen LogP contribution in [0.4, 0.5) is 0 Å². The summed E-state index contributed by atoms with van der Waals surface area (Å²) in [6.07, 6.45) is 1.76. The van der Waals surface area contributed by atoms with Gasteiger partial charge in [-0.3, -0.25) is 0 Å². The summed E-state index contributed by atoms with van der Waals surface area (Å²) >= 11 is 1.59. The van der Waals surface area contributed by atoms with E-state index in [1.54, 1.807) is 11.3 Å². The van der Waals surface area contributed by atoms with Crippen LogP contribution < -0.4 is 0 Å². The summed E-state index contributed by atoms with van der Waals surface area (Å²) in [5.41, 5.74) is 0.963. The van der Waals surface area contributed by atoms with Crippen LogP contribution in [0.5, 0.6) is 0 Å². The van der Waals surface area contributed by atoms with E-state index in [9.17, 15) is 5.11 Å². The van der Waals surface area contributed by atoms with Crippen LogP contribution in [0.1, 0.15) is 25.7 Å². The highest BCUT2D eigenvalue weighted by molar-refractivity contribution is 7.08. The zero-order chi connectivity index (χ0) is 11.4. The largest absolute Gasteiger partial charge is 0.393 e. The van der Waals surface area contributed by atoms with Crippen LogP contribution in [0.3, 0.4) is 0 Å². The number of hydrogen-bond acceptors (Lipinski definition) is 5. The summed E-state index contributed by atoms with van der Waals surface area (Å²) in [7, 11) is 0. The van der Waals surface area contributed by atoms with Crippen molar-refractivity contribution in [3.8, 4) is 11.4 Å². The zero-order valence-electron chi connectivity index (χ0n) is 9.09. The average Bonchev–Trinajstić information content (AvgIpc) is 2.86. The van der Waals surface area contributed by atoms with Gasteiger partial charge >= 0.3 is 0 Å².